The minimum Gasteiger partial charge on any atom is -0.454 e. The van der Waals surface area contributed by atoms with Crippen LogP contribution < -0.4 is 20.1 Å². The second kappa shape index (κ2) is 7.79. The van der Waals surface area contributed by atoms with Crippen molar-refractivity contribution in [2.45, 2.75) is 37.8 Å². The third-order valence-electron chi connectivity index (χ3n) is 8.40. The first kappa shape index (κ1) is 20.0. The molecular weight excluding hydrogens is 424 g/mol. The molecule has 172 valence electrons. The van der Waals surface area contributed by atoms with E-state index in [0.29, 0.717) is 24.4 Å². The summed E-state index contributed by atoms with van der Waals surface area (Å²) in [5.41, 5.74) is 5.63. The number of anilines is 1. The summed E-state index contributed by atoms with van der Waals surface area (Å²) < 4.78 is 10.8. The fourth-order valence-electron chi connectivity index (χ4n) is 6.95. The molecule has 3 aromatic carbocycles. The summed E-state index contributed by atoms with van der Waals surface area (Å²) in [7, 11) is 0. The van der Waals surface area contributed by atoms with Crippen molar-refractivity contribution in [1.29, 1.82) is 0 Å². The maximum absolute atomic E-state index is 13.1. The van der Waals surface area contributed by atoms with Crippen molar-refractivity contribution < 1.29 is 14.3 Å². The van der Waals surface area contributed by atoms with Crippen molar-refractivity contribution in [2.24, 2.45) is 17.8 Å². The first-order chi connectivity index (χ1) is 16.7. The van der Waals surface area contributed by atoms with Crippen LogP contribution in [0, 0.1) is 17.8 Å². The van der Waals surface area contributed by atoms with E-state index in [1.54, 1.807) is 0 Å². The molecule has 0 radical (unpaired) electrons. The number of hydrogen-bond donors (Lipinski definition) is 2. The van der Waals surface area contributed by atoms with Crippen LogP contribution >= 0.6 is 0 Å². The normalized spacial score (nSPS) is 27.6. The second-order valence-corrected chi connectivity index (χ2v) is 10.1. The molecule has 0 spiro atoms. The summed E-state index contributed by atoms with van der Waals surface area (Å²) in [4.78, 5) is 13.1. The van der Waals surface area contributed by atoms with Crippen LogP contribution in [-0.4, -0.2) is 12.7 Å². The number of amides is 1. The van der Waals surface area contributed by atoms with E-state index in [9.17, 15) is 4.79 Å². The molecule has 34 heavy (non-hydrogen) atoms. The van der Waals surface area contributed by atoms with Crippen molar-refractivity contribution >= 4 is 11.6 Å². The molecule has 2 N–H and O–H groups in total. The van der Waals surface area contributed by atoms with E-state index in [1.165, 1.54) is 36.1 Å². The first-order valence-corrected chi connectivity index (χ1v) is 12.4. The van der Waals surface area contributed by atoms with E-state index in [2.05, 4.69) is 53.1 Å². The van der Waals surface area contributed by atoms with Gasteiger partial charge < -0.3 is 20.1 Å². The molecule has 2 aliphatic heterocycles. The Morgan fingerprint density at radius 3 is 2.71 bits per heavy atom. The van der Waals surface area contributed by atoms with Gasteiger partial charge in [0.1, 0.15) is 0 Å². The van der Waals surface area contributed by atoms with E-state index < -0.39 is 0 Å². The van der Waals surface area contributed by atoms with Gasteiger partial charge in [0.15, 0.2) is 11.5 Å². The zero-order valence-electron chi connectivity index (χ0n) is 19.0. The molecule has 7 rings (SSSR count). The van der Waals surface area contributed by atoms with E-state index in [1.807, 2.05) is 24.3 Å². The van der Waals surface area contributed by atoms with Gasteiger partial charge in [-0.3, -0.25) is 4.79 Å². The Balaban J connectivity index is 1.15. The van der Waals surface area contributed by atoms with Gasteiger partial charge in [0.05, 0.1) is 6.04 Å². The third kappa shape index (κ3) is 3.17. The minimum absolute atomic E-state index is 0.0367. The van der Waals surface area contributed by atoms with E-state index >= 15 is 0 Å². The number of rotatable bonds is 4. The average molecular weight is 453 g/mol. The van der Waals surface area contributed by atoms with Gasteiger partial charge in [0.25, 0.3) is 5.91 Å². The van der Waals surface area contributed by atoms with Crippen LogP contribution in [0.2, 0.25) is 0 Å². The van der Waals surface area contributed by atoms with Crippen molar-refractivity contribution in [2.75, 3.05) is 12.1 Å². The smallest absolute Gasteiger partial charge is 0.251 e. The van der Waals surface area contributed by atoms with Crippen molar-refractivity contribution in [3.63, 3.8) is 0 Å². The number of carbonyl (C=O) groups is 1. The summed E-state index contributed by atoms with van der Waals surface area (Å²) in [6.45, 7) is 0.709. The Kier molecular flexibility index (Phi) is 4.57. The maximum Gasteiger partial charge on any atom is 0.251 e. The van der Waals surface area contributed by atoms with Gasteiger partial charge in [-0.05, 0) is 90.0 Å². The fraction of sp³-hybridized carbons (Fsp3) is 0.345. The number of carbonyl (C=O) groups excluding carboxylic acids is 1. The van der Waals surface area contributed by atoms with Gasteiger partial charge >= 0.3 is 0 Å². The maximum atomic E-state index is 13.1. The molecule has 2 fully saturated rings. The predicted octanol–water partition coefficient (Wildman–Crippen LogP) is 5.64. The molecule has 5 heteroatoms. The molecule has 2 heterocycles. The lowest BCUT2D eigenvalue weighted by atomic mass is 9.68. The van der Waals surface area contributed by atoms with Gasteiger partial charge in [0, 0.05) is 17.8 Å². The zero-order chi connectivity index (χ0) is 22.6. The van der Waals surface area contributed by atoms with E-state index in [0.717, 1.165) is 34.5 Å². The molecule has 2 saturated carbocycles. The van der Waals surface area contributed by atoms with Crippen LogP contribution in [0.25, 0.3) is 0 Å². The highest BCUT2D eigenvalue weighted by molar-refractivity contribution is 5.95. The Hall–Kier alpha value is -3.47. The van der Waals surface area contributed by atoms with Crippen molar-refractivity contribution in [1.82, 2.24) is 5.32 Å². The van der Waals surface area contributed by atoms with Crippen LogP contribution in [0.5, 0.6) is 11.5 Å². The number of nitrogens with one attached hydrogen (secondary N) is 2. The highest BCUT2D eigenvalue weighted by atomic mass is 16.7. The lowest BCUT2D eigenvalue weighted by Crippen LogP contribution is -2.35. The van der Waals surface area contributed by atoms with Gasteiger partial charge in [-0.15, -0.1) is 0 Å². The first-order valence-electron chi connectivity index (χ1n) is 12.4. The van der Waals surface area contributed by atoms with Crippen LogP contribution in [0.3, 0.4) is 0 Å². The summed E-state index contributed by atoms with van der Waals surface area (Å²) in [5, 5.41) is 6.95. The van der Waals surface area contributed by atoms with Gasteiger partial charge in [0.2, 0.25) is 6.79 Å². The van der Waals surface area contributed by atoms with Crippen molar-refractivity contribution in [3.8, 4) is 11.5 Å². The fourth-order valence-corrected chi connectivity index (χ4v) is 6.95. The molecule has 3 aromatic rings. The molecule has 0 saturated heterocycles. The van der Waals surface area contributed by atoms with Gasteiger partial charge in [-0.25, -0.2) is 0 Å². The Labute approximate surface area is 199 Å². The van der Waals surface area contributed by atoms with Crippen LogP contribution in [-0.2, 0) is 6.54 Å². The van der Waals surface area contributed by atoms with Gasteiger partial charge in [-0.1, -0.05) is 36.4 Å². The number of fused-ring (bicyclic) bond motifs is 8. The molecule has 0 unspecified atom stereocenters. The largest absolute Gasteiger partial charge is 0.454 e. The lowest BCUT2D eigenvalue weighted by Gasteiger charge is -2.43. The quantitative estimate of drug-likeness (QED) is 0.538. The highest BCUT2D eigenvalue weighted by Gasteiger charge is 2.53. The summed E-state index contributed by atoms with van der Waals surface area (Å²) >= 11 is 0. The zero-order valence-corrected chi connectivity index (χ0v) is 19.0. The molecule has 0 aromatic heterocycles. The van der Waals surface area contributed by atoms with Gasteiger partial charge in [-0.2, -0.15) is 0 Å². The summed E-state index contributed by atoms with van der Waals surface area (Å²) in [6, 6.07) is 23.2. The average Bonchev–Trinajstić information content (AvgIpc) is 3.63. The van der Waals surface area contributed by atoms with Crippen LogP contribution in [0.15, 0.2) is 66.7 Å². The van der Waals surface area contributed by atoms with E-state index in [4.69, 9.17) is 9.47 Å². The topological polar surface area (TPSA) is 59.6 Å². The highest BCUT2D eigenvalue weighted by Crippen LogP contribution is 2.63. The Morgan fingerprint density at radius 2 is 1.79 bits per heavy atom. The number of benzene rings is 3. The van der Waals surface area contributed by atoms with Crippen LogP contribution in [0.4, 0.5) is 5.69 Å². The predicted molar refractivity (Wildman–Crippen MR) is 130 cm³/mol. The van der Waals surface area contributed by atoms with Crippen molar-refractivity contribution in [3.05, 3.63) is 89.0 Å². The molecule has 5 nitrogen and oxygen atoms in total. The minimum atomic E-state index is -0.0367. The molecule has 2 aliphatic carbocycles. The molecule has 2 bridgehead atoms. The summed E-state index contributed by atoms with van der Waals surface area (Å²) in [6.07, 6.45) is 3.97. The number of hydrogen-bond acceptors (Lipinski definition) is 4. The molecular formula is C29H28N2O3. The Morgan fingerprint density at radius 1 is 0.941 bits per heavy atom. The summed E-state index contributed by atoms with van der Waals surface area (Å²) in [5.74, 6) is 4.08. The molecule has 4 aliphatic rings. The standard InChI is InChI=1S/C29H28N2O3/c32-29(30-15-17-6-11-24-25(12-17)34-16-33-24)21-9-10-23-22(14-21)26-19-7-8-20(13-19)27(26)28(31-23)18-4-2-1-3-5-18/h1-6,9-12,14,19-20,26-28,31H,7-8,13,15-16H2,(H,30,32)/t19-,20+,26+,27-,28+/m0/s1. The number of ether oxygens (including phenoxy) is 2. The Bertz CT molecular complexity index is 1260. The van der Waals surface area contributed by atoms with Crippen LogP contribution in [0.1, 0.15) is 58.3 Å². The molecule has 5 atom stereocenters. The molecule has 1 amide bonds. The van der Waals surface area contributed by atoms with E-state index in [-0.39, 0.29) is 12.7 Å². The third-order valence-corrected chi connectivity index (χ3v) is 8.40. The second-order valence-electron chi connectivity index (χ2n) is 10.1. The monoisotopic (exact) mass is 452 g/mol. The lowest BCUT2D eigenvalue weighted by molar-refractivity contribution is 0.0950. The SMILES string of the molecule is O=C(NCc1ccc2c(c1)OCO2)c1ccc2c(c1)[C@H]1[C@H]3CC[C@H](C3)[C@@H]1[C@@H](c1ccccc1)N2.